The lowest BCUT2D eigenvalue weighted by Crippen LogP contribution is -2.48. The molecular formula is C18H25ClN2O. The summed E-state index contributed by atoms with van der Waals surface area (Å²) in [5.41, 5.74) is 0.695. The highest BCUT2D eigenvalue weighted by molar-refractivity contribution is 6.31. The molecule has 0 radical (unpaired) electrons. The average molecular weight is 321 g/mol. The molecule has 22 heavy (non-hydrogen) atoms. The molecule has 3 nitrogen and oxygen atoms in total. The van der Waals surface area contributed by atoms with Crippen LogP contribution in [0.5, 0.6) is 0 Å². The Morgan fingerprint density at radius 3 is 2.45 bits per heavy atom. The van der Waals surface area contributed by atoms with E-state index in [2.05, 4.69) is 37.1 Å². The van der Waals surface area contributed by atoms with Crippen LogP contribution in [-0.4, -0.2) is 36.0 Å². The molecule has 0 saturated carbocycles. The van der Waals surface area contributed by atoms with Gasteiger partial charge in [0.2, 0.25) is 5.91 Å². The molecule has 1 atom stereocenters. The molecule has 0 unspecified atom stereocenters. The van der Waals surface area contributed by atoms with Gasteiger partial charge in [-0.15, -0.1) is 0 Å². The molecule has 0 bridgehead atoms. The monoisotopic (exact) mass is 320 g/mol. The first-order valence-corrected chi connectivity index (χ1v) is 8.51. The number of likely N-dealkylation sites (tertiary alicyclic amines) is 1. The number of nitrogens with one attached hydrogen (secondary N) is 1. The molecule has 1 spiro atoms. The third-order valence-corrected chi connectivity index (χ3v) is 5.63. The lowest BCUT2D eigenvalue weighted by molar-refractivity contribution is -0.141. The lowest BCUT2D eigenvalue weighted by atomic mass is 9.68. The van der Waals surface area contributed by atoms with Gasteiger partial charge in [0.25, 0.3) is 0 Å². The molecule has 2 aliphatic rings. The van der Waals surface area contributed by atoms with E-state index in [1.165, 1.54) is 0 Å². The van der Waals surface area contributed by atoms with Gasteiger partial charge in [0.05, 0.1) is 5.41 Å². The summed E-state index contributed by atoms with van der Waals surface area (Å²) >= 11 is 6.47. The Labute approximate surface area is 138 Å². The van der Waals surface area contributed by atoms with Gasteiger partial charge in [-0.05, 0) is 58.3 Å². The van der Waals surface area contributed by atoms with Crippen molar-refractivity contribution in [3.8, 4) is 0 Å². The second-order valence-corrected chi connectivity index (χ2v) is 7.97. The van der Waals surface area contributed by atoms with Crippen LogP contribution in [0.15, 0.2) is 24.3 Å². The summed E-state index contributed by atoms with van der Waals surface area (Å²) in [4.78, 5) is 15.3. The molecule has 2 aliphatic heterocycles. The van der Waals surface area contributed by atoms with Gasteiger partial charge in [0.15, 0.2) is 0 Å². The Bertz CT molecular complexity index is 573. The highest BCUT2D eigenvalue weighted by Gasteiger charge is 2.56. The highest BCUT2D eigenvalue weighted by atomic mass is 35.5. The predicted molar refractivity (Wildman–Crippen MR) is 90.2 cm³/mol. The number of carbonyl (C=O) groups excluding carboxylic acids is 1. The van der Waals surface area contributed by atoms with E-state index in [0.717, 1.165) is 43.1 Å². The average Bonchev–Trinajstić information content (AvgIpc) is 2.74. The largest absolute Gasteiger partial charge is 0.337 e. The van der Waals surface area contributed by atoms with Gasteiger partial charge in [-0.2, -0.15) is 0 Å². The Hall–Kier alpha value is -1.06. The van der Waals surface area contributed by atoms with Gasteiger partial charge in [0.1, 0.15) is 0 Å². The first-order valence-electron chi connectivity index (χ1n) is 8.13. The van der Waals surface area contributed by atoms with Gasteiger partial charge < -0.3 is 10.2 Å². The number of carbonyl (C=O) groups is 1. The van der Waals surface area contributed by atoms with Crippen molar-refractivity contribution in [3.63, 3.8) is 0 Å². The number of halogens is 1. The molecule has 1 N–H and O–H groups in total. The summed E-state index contributed by atoms with van der Waals surface area (Å²) in [6.07, 6.45) is 1.79. The van der Waals surface area contributed by atoms with E-state index in [0.29, 0.717) is 5.91 Å². The molecule has 2 saturated heterocycles. The molecule has 0 aromatic heterocycles. The predicted octanol–water partition coefficient (Wildman–Crippen LogP) is 3.43. The van der Waals surface area contributed by atoms with Crippen LogP contribution in [0, 0.1) is 5.41 Å². The minimum absolute atomic E-state index is 0.148. The van der Waals surface area contributed by atoms with Gasteiger partial charge in [-0.3, -0.25) is 4.79 Å². The molecule has 4 heteroatoms. The van der Waals surface area contributed by atoms with E-state index >= 15 is 0 Å². The van der Waals surface area contributed by atoms with E-state index in [4.69, 9.17) is 11.6 Å². The van der Waals surface area contributed by atoms with Gasteiger partial charge in [-0.1, -0.05) is 29.8 Å². The fraction of sp³-hybridized carbons (Fsp3) is 0.611. The standard InChI is InChI=1S/C18H25ClN2O/c1-17(2,3)21-12-14(13-6-4-5-7-15(13)19)18(16(21)22)8-10-20-11-9-18/h4-7,14,20H,8-12H2,1-3H3/t14-/m1/s1. The molecule has 2 fully saturated rings. The van der Waals surface area contributed by atoms with Gasteiger partial charge in [-0.25, -0.2) is 0 Å². The summed E-state index contributed by atoms with van der Waals surface area (Å²) in [5, 5.41) is 4.18. The Morgan fingerprint density at radius 2 is 1.86 bits per heavy atom. The lowest BCUT2D eigenvalue weighted by Gasteiger charge is -2.38. The van der Waals surface area contributed by atoms with Crippen LogP contribution in [0.2, 0.25) is 5.02 Å². The van der Waals surface area contributed by atoms with Crippen molar-refractivity contribution in [2.45, 2.75) is 45.1 Å². The van der Waals surface area contributed by atoms with Crippen LogP contribution in [-0.2, 0) is 4.79 Å². The minimum atomic E-state index is -0.288. The first kappa shape index (κ1) is 15.8. The number of amides is 1. The van der Waals surface area contributed by atoms with Gasteiger partial charge in [0, 0.05) is 23.0 Å². The SMILES string of the molecule is CC(C)(C)N1C[C@H](c2ccccc2Cl)C2(CCNCC2)C1=O. The second kappa shape index (κ2) is 5.54. The second-order valence-electron chi connectivity index (χ2n) is 7.57. The van der Waals surface area contributed by atoms with Crippen molar-refractivity contribution in [1.82, 2.24) is 10.2 Å². The zero-order valence-electron chi connectivity index (χ0n) is 13.7. The van der Waals surface area contributed by atoms with Crippen LogP contribution >= 0.6 is 11.6 Å². The molecule has 1 aromatic carbocycles. The zero-order chi connectivity index (χ0) is 16.0. The van der Waals surface area contributed by atoms with Crippen LogP contribution in [0.4, 0.5) is 0 Å². The Balaban J connectivity index is 2.06. The highest BCUT2D eigenvalue weighted by Crippen LogP contribution is 2.52. The third-order valence-electron chi connectivity index (χ3n) is 5.29. The summed E-state index contributed by atoms with van der Waals surface area (Å²) in [7, 11) is 0. The quantitative estimate of drug-likeness (QED) is 0.859. The van der Waals surface area contributed by atoms with Crippen molar-refractivity contribution >= 4 is 17.5 Å². The Kier molecular flexibility index (Phi) is 3.98. The molecule has 1 aromatic rings. The van der Waals surface area contributed by atoms with E-state index in [-0.39, 0.29) is 16.9 Å². The summed E-state index contributed by atoms with van der Waals surface area (Å²) in [5.74, 6) is 0.501. The fourth-order valence-corrected chi connectivity index (χ4v) is 4.29. The molecule has 120 valence electrons. The molecule has 3 rings (SSSR count). The number of rotatable bonds is 1. The first-order chi connectivity index (χ1) is 10.4. The van der Waals surface area contributed by atoms with Crippen molar-refractivity contribution in [2.24, 2.45) is 5.41 Å². The smallest absolute Gasteiger partial charge is 0.230 e. The van der Waals surface area contributed by atoms with Crippen LogP contribution < -0.4 is 5.32 Å². The third kappa shape index (κ3) is 2.44. The number of hydrogen-bond donors (Lipinski definition) is 1. The number of benzene rings is 1. The normalized spacial score (nSPS) is 25.0. The maximum Gasteiger partial charge on any atom is 0.230 e. The van der Waals surface area contributed by atoms with E-state index < -0.39 is 0 Å². The topological polar surface area (TPSA) is 32.3 Å². The number of nitrogens with zero attached hydrogens (tertiary/aromatic N) is 1. The minimum Gasteiger partial charge on any atom is -0.337 e. The van der Waals surface area contributed by atoms with Crippen molar-refractivity contribution in [3.05, 3.63) is 34.9 Å². The van der Waals surface area contributed by atoms with Gasteiger partial charge >= 0.3 is 0 Å². The maximum atomic E-state index is 13.3. The van der Waals surface area contributed by atoms with Crippen LogP contribution in [0.3, 0.4) is 0 Å². The summed E-state index contributed by atoms with van der Waals surface area (Å²) in [6.45, 7) is 8.94. The number of piperidine rings is 1. The summed E-state index contributed by atoms with van der Waals surface area (Å²) in [6, 6.07) is 8.02. The van der Waals surface area contributed by atoms with Crippen molar-refractivity contribution in [2.75, 3.05) is 19.6 Å². The van der Waals surface area contributed by atoms with E-state index in [1.807, 2.05) is 18.2 Å². The van der Waals surface area contributed by atoms with Crippen LogP contribution in [0.1, 0.15) is 45.1 Å². The molecule has 2 heterocycles. The number of hydrogen-bond acceptors (Lipinski definition) is 2. The summed E-state index contributed by atoms with van der Waals surface area (Å²) < 4.78 is 0. The van der Waals surface area contributed by atoms with Crippen molar-refractivity contribution in [1.29, 1.82) is 0 Å². The fourth-order valence-electron chi connectivity index (χ4n) is 4.03. The Morgan fingerprint density at radius 1 is 1.23 bits per heavy atom. The van der Waals surface area contributed by atoms with E-state index in [1.54, 1.807) is 0 Å². The van der Waals surface area contributed by atoms with Crippen LogP contribution in [0.25, 0.3) is 0 Å². The molecule has 1 amide bonds. The maximum absolute atomic E-state index is 13.3. The van der Waals surface area contributed by atoms with Crippen molar-refractivity contribution < 1.29 is 4.79 Å². The molecule has 0 aliphatic carbocycles. The molecular weight excluding hydrogens is 296 g/mol. The zero-order valence-corrected chi connectivity index (χ0v) is 14.4. The van der Waals surface area contributed by atoms with E-state index in [9.17, 15) is 4.79 Å².